The highest BCUT2D eigenvalue weighted by Crippen LogP contribution is 2.34. The fourth-order valence-corrected chi connectivity index (χ4v) is 2.53. The van der Waals surface area contributed by atoms with Crippen LogP contribution in [0.4, 0.5) is 4.79 Å². The van der Waals surface area contributed by atoms with Gasteiger partial charge in [-0.25, -0.2) is 4.79 Å². The second-order valence-electron chi connectivity index (χ2n) is 6.98. The highest BCUT2D eigenvalue weighted by molar-refractivity contribution is 5.67. The van der Waals surface area contributed by atoms with Crippen LogP contribution in [-0.4, -0.2) is 55.0 Å². The van der Waals surface area contributed by atoms with Gasteiger partial charge in [0.15, 0.2) is 5.79 Å². The molecule has 2 saturated heterocycles. The van der Waals surface area contributed by atoms with Crippen molar-refractivity contribution in [2.24, 2.45) is 5.73 Å². The van der Waals surface area contributed by atoms with Crippen LogP contribution >= 0.6 is 0 Å². The van der Waals surface area contributed by atoms with Crippen LogP contribution < -0.4 is 11.1 Å². The molecule has 2 fully saturated rings. The molecule has 2 aliphatic rings. The van der Waals surface area contributed by atoms with Gasteiger partial charge in [0.25, 0.3) is 0 Å². The Morgan fingerprint density at radius 2 is 1.95 bits per heavy atom. The summed E-state index contributed by atoms with van der Waals surface area (Å²) in [4.78, 5) is 11.7. The largest absolute Gasteiger partial charge is 0.444 e. The molecule has 2 unspecified atom stereocenters. The van der Waals surface area contributed by atoms with Crippen molar-refractivity contribution in [3.05, 3.63) is 0 Å². The minimum atomic E-state index is -0.690. The quantitative estimate of drug-likeness (QED) is 0.782. The van der Waals surface area contributed by atoms with Crippen molar-refractivity contribution in [1.29, 1.82) is 0 Å². The number of nitrogens with two attached hydrogens (primary N) is 1. The van der Waals surface area contributed by atoms with E-state index in [0.717, 1.165) is 0 Å². The third-order valence-electron chi connectivity index (χ3n) is 3.30. The molecule has 7 nitrogen and oxygen atoms in total. The molecular formula is C14H26N2O5. The molecule has 0 aromatic carbocycles. The summed E-state index contributed by atoms with van der Waals surface area (Å²) in [6.07, 6.45) is -1.29. The summed E-state index contributed by atoms with van der Waals surface area (Å²) >= 11 is 0. The molecule has 3 N–H and O–H groups in total. The number of alkyl carbamates (subject to hydrolysis) is 1. The highest BCUT2D eigenvalue weighted by atomic mass is 16.8. The summed E-state index contributed by atoms with van der Waals surface area (Å²) in [7, 11) is 0. The topological polar surface area (TPSA) is 92.0 Å². The second-order valence-corrected chi connectivity index (χ2v) is 6.98. The molecule has 2 aliphatic heterocycles. The summed E-state index contributed by atoms with van der Waals surface area (Å²) < 4.78 is 22.5. The van der Waals surface area contributed by atoms with Crippen molar-refractivity contribution in [2.45, 2.75) is 70.4 Å². The Labute approximate surface area is 125 Å². The van der Waals surface area contributed by atoms with E-state index in [2.05, 4.69) is 5.32 Å². The van der Waals surface area contributed by atoms with E-state index in [1.807, 2.05) is 34.6 Å². The van der Waals surface area contributed by atoms with Gasteiger partial charge in [0.1, 0.15) is 23.9 Å². The van der Waals surface area contributed by atoms with Crippen LogP contribution in [0.3, 0.4) is 0 Å². The number of hydrogen-bond acceptors (Lipinski definition) is 6. The zero-order chi connectivity index (χ0) is 15.8. The SMILES string of the molecule is CC(C)(C)OC(=O)NCC1OC[C@H](N)C2OC(C)(C)O[C@@H]12. The molecule has 0 saturated carbocycles. The van der Waals surface area contributed by atoms with Gasteiger partial charge in [-0.1, -0.05) is 0 Å². The number of carbonyl (C=O) groups is 1. The van der Waals surface area contributed by atoms with E-state index >= 15 is 0 Å². The Morgan fingerprint density at radius 3 is 2.57 bits per heavy atom. The molecule has 1 amide bonds. The predicted molar refractivity (Wildman–Crippen MR) is 75.8 cm³/mol. The number of carbonyl (C=O) groups excluding carboxylic acids is 1. The predicted octanol–water partition coefficient (Wildman–Crippen LogP) is 0.757. The maximum Gasteiger partial charge on any atom is 0.407 e. The lowest BCUT2D eigenvalue weighted by Gasteiger charge is -2.35. The molecule has 2 heterocycles. The van der Waals surface area contributed by atoms with Crippen molar-refractivity contribution in [1.82, 2.24) is 5.32 Å². The highest BCUT2D eigenvalue weighted by Gasteiger charge is 2.50. The van der Waals surface area contributed by atoms with Gasteiger partial charge in [0.05, 0.1) is 12.6 Å². The van der Waals surface area contributed by atoms with Gasteiger partial charge >= 0.3 is 6.09 Å². The molecule has 2 rings (SSSR count). The average Bonchev–Trinajstić information content (AvgIpc) is 2.62. The zero-order valence-corrected chi connectivity index (χ0v) is 13.3. The molecule has 0 radical (unpaired) electrons. The first-order chi connectivity index (χ1) is 9.57. The van der Waals surface area contributed by atoms with E-state index in [4.69, 9.17) is 24.7 Å². The molecule has 0 aromatic heterocycles. The Hall–Kier alpha value is -0.890. The smallest absolute Gasteiger partial charge is 0.407 e. The van der Waals surface area contributed by atoms with Crippen LogP contribution in [0.2, 0.25) is 0 Å². The minimum absolute atomic E-state index is 0.223. The molecule has 0 aliphatic carbocycles. The number of rotatable bonds is 2. The molecule has 7 heteroatoms. The first-order valence-corrected chi connectivity index (χ1v) is 7.27. The van der Waals surface area contributed by atoms with Crippen molar-refractivity contribution < 1.29 is 23.7 Å². The lowest BCUT2D eigenvalue weighted by Crippen LogP contribution is -2.57. The van der Waals surface area contributed by atoms with Gasteiger partial charge in [0, 0.05) is 6.54 Å². The van der Waals surface area contributed by atoms with Gasteiger partial charge in [-0.2, -0.15) is 0 Å². The maximum atomic E-state index is 11.7. The maximum absolute atomic E-state index is 11.7. The van der Waals surface area contributed by atoms with Gasteiger partial charge in [-0.3, -0.25) is 0 Å². The van der Waals surface area contributed by atoms with Crippen LogP contribution in [0.25, 0.3) is 0 Å². The zero-order valence-electron chi connectivity index (χ0n) is 13.3. The van der Waals surface area contributed by atoms with Crippen molar-refractivity contribution >= 4 is 6.09 Å². The lowest BCUT2D eigenvalue weighted by molar-refractivity contribution is -0.153. The van der Waals surface area contributed by atoms with Crippen molar-refractivity contribution in [2.75, 3.05) is 13.2 Å². The monoisotopic (exact) mass is 302 g/mol. The van der Waals surface area contributed by atoms with Crippen molar-refractivity contribution in [3.8, 4) is 0 Å². The summed E-state index contributed by atoms with van der Waals surface area (Å²) in [5.74, 6) is -0.690. The molecular weight excluding hydrogens is 276 g/mol. The van der Waals surface area contributed by atoms with E-state index < -0.39 is 17.5 Å². The lowest BCUT2D eigenvalue weighted by atomic mass is 9.99. The first kappa shape index (κ1) is 16.5. The molecule has 4 atom stereocenters. The fourth-order valence-electron chi connectivity index (χ4n) is 2.53. The third kappa shape index (κ3) is 4.29. The summed E-state index contributed by atoms with van der Waals surface area (Å²) in [6.45, 7) is 9.80. The van der Waals surface area contributed by atoms with Gasteiger partial charge in [0.2, 0.25) is 0 Å². The van der Waals surface area contributed by atoms with Crippen LogP contribution in [-0.2, 0) is 18.9 Å². The van der Waals surface area contributed by atoms with E-state index in [0.29, 0.717) is 13.2 Å². The molecule has 21 heavy (non-hydrogen) atoms. The Kier molecular flexibility index (Phi) is 4.49. The normalized spacial score (nSPS) is 35.1. The summed E-state index contributed by atoms with van der Waals surface area (Å²) in [5, 5.41) is 2.70. The third-order valence-corrected chi connectivity index (χ3v) is 3.30. The summed E-state index contributed by atoms with van der Waals surface area (Å²) in [6, 6.07) is -0.227. The molecule has 0 bridgehead atoms. The van der Waals surface area contributed by atoms with Crippen LogP contribution in [0.1, 0.15) is 34.6 Å². The van der Waals surface area contributed by atoms with E-state index in [1.165, 1.54) is 0 Å². The van der Waals surface area contributed by atoms with E-state index in [9.17, 15) is 4.79 Å². The minimum Gasteiger partial charge on any atom is -0.444 e. The Morgan fingerprint density at radius 1 is 1.33 bits per heavy atom. The van der Waals surface area contributed by atoms with Gasteiger partial charge in [-0.15, -0.1) is 0 Å². The van der Waals surface area contributed by atoms with Gasteiger partial charge < -0.3 is 30.0 Å². The Bertz CT molecular complexity index is 393. The number of nitrogens with one attached hydrogen (secondary N) is 1. The van der Waals surface area contributed by atoms with Gasteiger partial charge in [-0.05, 0) is 34.6 Å². The number of fused-ring (bicyclic) bond motifs is 1. The number of hydrogen-bond donors (Lipinski definition) is 2. The fraction of sp³-hybridized carbons (Fsp3) is 0.929. The van der Waals surface area contributed by atoms with Crippen LogP contribution in [0.15, 0.2) is 0 Å². The number of ether oxygens (including phenoxy) is 4. The molecule has 122 valence electrons. The van der Waals surface area contributed by atoms with Crippen LogP contribution in [0, 0.1) is 0 Å². The molecule has 0 spiro atoms. The summed E-state index contributed by atoms with van der Waals surface area (Å²) in [5.41, 5.74) is 5.47. The van der Waals surface area contributed by atoms with Crippen LogP contribution in [0.5, 0.6) is 0 Å². The average molecular weight is 302 g/mol. The first-order valence-electron chi connectivity index (χ1n) is 7.27. The molecule has 0 aromatic rings. The second kappa shape index (κ2) is 5.72. The van der Waals surface area contributed by atoms with E-state index in [-0.39, 0.29) is 24.4 Å². The van der Waals surface area contributed by atoms with Crippen molar-refractivity contribution in [3.63, 3.8) is 0 Å². The Balaban J connectivity index is 1.90. The number of amides is 1. The van der Waals surface area contributed by atoms with E-state index in [1.54, 1.807) is 0 Å². The standard InChI is InChI=1S/C14H26N2O5/c1-13(2,3)21-12(17)16-6-9-11-10(8(15)7-18-9)19-14(4,5)20-11/h8-11H,6-7,15H2,1-5H3,(H,16,17)/t8-,9?,10?,11-/m0/s1.